The van der Waals surface area contributed by atoms with Crippen LogP contribution in [0.2, 0.25) is 0 Å². The summed E-state index contributed by atoms with van der Waals surface area (Å²) in [6.45, 7) is 3.43. The maximum atomic E-state index is 12.8. The number of carbonyl (C=O) groups excluding carboxylic acids is 3. The van der Waals surface area contributed by atoms with E-state index in [9.17, 15) is 14.4 Å². The first-order chi connectivity index (χ1) is 13.9. The van der Waals surface area contributed by atoms with Gasteiger partial charge in [0.15, 0.2) is 0 Å². The Balaban J connectivity index is 0.000000370. The number of hydrogen-bond donors (Lipinski definition) is 2. The Labute approximate surface area is 173 Å². The zero-order valence-electron chi connectivity index (χ0n) is 17.5. The number of hydrogen-bond acceptors (Lipinski definition) is 5. The zero-order chi connectivity index (χ0) is 21.3. The summed E-state index contributed by atoms with van der Waals surface area (Å²) in [5, 5.41) is 3.23. The van der Waals surface area contributed by atoms with Crippen molar-refractivity contribution in [2.24, 2.45) is 5.73 Å². The summed E-state index contributed by atoms with van der Waals surface area (Å²) in [5.74, 6) is -0.479. The van der Waals surface area contributed by atoms with Gasteiger partial charge in [0.25, 0.3) is 0 Å². The van der Waals surface area contributed by atoms with Gasteiger partial charge in [0.1, 0.15) is 5.54 Å². The fourth-order valence-electron chi connectivity index (χ4n) is 4.05. The second kappa shape index (κ2) is 11.0. The molecule has 2 aliphatic heterocycles. The molecule has 1 aromatic rings. The fourth-order valence-corrected chi connectivity index (χ4v) is 4.05. The van der Waals surface area contributed by atoms with E-state index in [0.717, 1.165) is 37.8 Å². The molecule has 2 heterocycles. The van der Waals surface area contributed by atoms with Crippen molar-refractivity contribution < 1.29 is 19.1 Å². The number of benzene rings is 1. The molecule has 0 aliphatic carbocycles. The van der Waals surface area contributed by atoms with E-state index in [4.69, 9.17) is 5.73 Å². The second-order valence-corrected chi connectivity index (χ2v) is 7.63. The Kier molecular flexibility index (Phi) is 8.64. The van der Waals surface area contributed by atoms with Gasteiger partial charge in [0.2, 0.25) is 11.8 Å². The lowest BCUT2D eigenvalue weighted by atomic mass is 9.87. The van der Waals surface area contributed by atoms with E-state index >= 15 is 0 Å². The van der Waals surface area contributed by atoms with E-state index in [1.54, 1.807) is 4.90 Å². The number of likely N-dealkylation sites (tertiary alicyclic amines) is 1. The molecule has 2 fully saturated rings. The zero-order valence-corrected chi connectivity index (χ0v) is 17.5. The van der Waals surface area contributed by atoms with Crippen molar-refractivity contribution in [2.75, 3.05) is 20.2 Å². The molecule has 7 heteroatoms. The highest BCUT2D eigenvalue weighted by atomic mass is 16.5. The van der Waals surface area contributed by atoms with E-state index in [1.165, 1.54) is 7.11 Å². The van der Waals surface area contributed by atoms with Gasteiger partial charge in [-0.1, -0.05) is 37.3 Å². The minimum Gasteiger partial charge on any atom is -0.469 e. The molecule has 0 bridgehead atoms. The number of carbonyl (C=O) groups is 3. The molecule has 1 aromatic carbocycles. The normalized spacial score (nSPS) is 23.2. The minimum absolute atomic E-state index is 0.0322. The van der Waals surface area contributed by atoms with Crippen LogP contribution in [-0.2, 0) is 25.5 Å². The van der Waals surface area contributed by atoms with E-state index < -0.39 is 5.54 Å². The molecule has 2 unspecified atom stereocenters. The number of rotatable bonds is 6. The predicted molar refractivity (Wildman–Crippen MR) is 111 cm³/mol. The predicted octanol–water partition coefficient (Wildman–Crippen LogP) is 1.79. The number of amides is 2. The van der Waals surface area contributed by atoms with Crippen molar-refractivity contribution in [3.63, 3.8) is 0 Å². The molecular weight excluding hydrogens is 370 g/mol. The van der Waals surface area contributed by atoms with Crippen LogP contribution in [0.15, 0.2) is 30.3 Å². The number of nitrogens with zero attached hydrogens (tertiary/aromatic N) is 1. The van der Waals surface area contributed by atoms with Gasteiger partial charge < -0.3 is 20.7 Å². The third-order valence-corrected chi connectivity index (χ3v) is 5.59. The fraction of sp³-hybridized carbons (Fsp3) is 0.591. The Morgan fingerprint density at radius 2 is 1.97 bits per heavy atom. The summed E-state index contributed by atoms with van der Waals surface area (Å²) in [6.07, 6.45) is 5.23. The minimum atomic E-state index is -0.872. The summed E-state index contributed by atoms with van der Waals surface area (Å²) in [7, 11) is 1.40. The quantitative estimate of drug-likeness (QED) is 0.705. The summed E-state index contributed by atoms with van der Waals surface area (Å²) in [6, 6.07) is 9.65. The Bertz CT molecular complexity index is 689. The lowest BCUT2D eigenvalue weighted by Gasteiger charge is -2.37. The molecule has 3 N–H and O–H groups in total. The molecule has 2 saturated heterocycles. The van der Waals surface area contributed by atoms with Crippen LogP contribution < -0.4 is 11.1 Å². The first-order valence-corrected chi connectivity index (χ1v) is 10.4. The van der Waals surface area contributed by atoms with Crippen LogP contribution in [0.1, 0.15) is 51.0 Å². The lowest BCUT2D eigenvalue weighted by molar-refractivity contribution is -0.144. The smallest absolute Gasteiger partial charge is 0.305 e. The summed E-state index contributed by atoms with van der Waals surface area (Å²) >= 11 is 0. The molecule has 0 spiro atoms. The van der Waals surface area contributed by atoms with E-state index in [1.807, 2.05) is 37.3 Å². The average molecular weight is 404 g/mol. The van der Waals surface area contributed by atoms with Crippen molar-refractivity contribution in [2.45, 2.75) is 63.5 Å². The molecule has 2 atom stereocenters. The second-order valence-electron chi connectivity index (χ2n) is 7.63. The van der Waals surface area contributed by atoms with Crippen LogP contribution in [0.4, 0.5) is 0 Å². The van der Waals surface area contributed by atoms with Gasteiger partial charge in [-0.25, -0.2) is 0 Å². The molecule has 3 rings (SSSR count). The van der Waals surface area contributed by atoms with Crippen LogP contribution >= 0.6 is 0 Å². The maximum absolute atomic E-state index is 12.8. The summed E-state index contributed by atoms with van der Waals surface area (Å²) < 4.78 is 4.35. The van der Waals surface area contributed by atoms with Crippen LogP contribution in [-0.4, -0.2) is 54.5 Å². The molecule has 7 nitrogen and oxygen atoms in total. The third-order valence-electron chi connectivity index (χ3n) is 5.59. The molecule has 0 saturated carbocycles. The number of ether oxygens (including phenoxy) is 1. The van der Waals surface area contributed by atoms with Gasteiger partial charge >= 0.3 is 5.97 Å². The van der Waals surface area contributed by atoms with Crippen LogP contribution in [0.5, 0.6) is 0 Å². The molecular formula is C22H33N3O4. The number of nitrogens with two attached hydrogens (primary N) is 1. The summed E-state index contributed by atoms with van der Waals surface area (Å²) in [4.78, 5) is 37.0. The van der Waals surface area contributed by atoms with Gasteiger partial charge in [-0.3, -0.25) is 14.4 Å². The molecule has 2 aliphatic rings. The van der Waals surface area contributed by atoms with Gasteiger partial charge in [-0.15, -0.1) is 0 Å². The average Bonchev–Trinajstić information content (AvgIpc) is 3.40. The molecule has 0 aromatic heterocycles. The monoisotopic (exact) mass is 403 g/mol. The van der Waals surface area contributed by atoms with Crippen LogP contribution in [0, 0.1) is 0 Å². The van der Waals surface area contributed by atoms with Crippen molar-refractivity contribution >= 4 is 17.8 Å². The maximum Gasteiger partial charge on any atom is 0.305 e. The Morgan fingerprint density at radius 1 is 1.24 bits per heavy atom. The number of methoxy groups -OCH3 is 1. The van der Waals surface area contributed by atoms with Crippen molar-refractivity contribution in [1.82, 2.24) is 10.2 Å². The number of esters is 1. The standard InChI is InChI=1S/C17H23N3O2.C5H10O2/c18-16(22)17(12-13-6-2-1-3-7-13)9-5-11-20(17)15(21)14-8-4-10-19-14;1-3-4-5(6)7-2/h1-3,6-7,14,19H,4-5,8-12H2,(H2,18,22);3-4H2,1-2H3. The lowest BCUT2D eigenvalue weighted by Crippen LogP contribution is -2.60. The molecule has 29 heavy (non-hydrogen) atoms. The van der Waals surface area contributed by atoms with Crippen molar-refractivity contribution in [1.29, 1.82) is 0 Å². The van der Waals surface area contributed by atoms with Crippen molar-refractivity contribution in [3.8, 4) is 0 Å². The largest absolute Gasteiger partial charge is 0.469 e. The highest BCUT2D eigenvalue weighted by Gasteiger charge is 2.49. The van der Waals surface area contributed by atoms with Crippen molar-refractivity contribution in [3.05, 3.63) is 35.9 Å². The third kappa shape index (κ3) is 5.79. The highest BCUT2D eigenvalue weighted by Crippen LogP contribution is 2.34. The Morgan fingerprint density at radius 3 is 2.48 bits per heavy atom. The molecule has 0 radical (unpaired) electrons. The number of primary amides is 1. The van der Waals surface area contributed by atoms with Gasteiger partial charge in [-0.2, -0.15) is 0 Å². The molecule has 2 amide bonds. The highest BCUT2D eigenvalue weighted by molar-refractivity contribution is 5.93. The Hall–Kier alpha value is -2.41. The SMILES string of the molecule is CCCC(=O)OC.NC(=O)C1(Cc2ccccc2)CCCN1C(=O)C1CCCN1. The first-order valence-electron chi connectivity index (χ1n) is 10.4. The molecule has 160 valence electrons. The van der Waals surface area contributed by atoms with Crippen LogP contribution in [0.25, 0.3) is 0 Å². The van der Waals surface area contributed by atoms with Gasteiger partial charge in [-0.05, 0) is 44.2 Å². The summed E-state index contributed by atoms with van der Waals surface area (Å²) in [5.41, 5.74) is 5.92. The topological polar surface area (TPSA) is 102 Å². The van der Waals surface area contributed by atoms with E-state index in [-0.39, 0.29) is 23.8 Å². The van der Waals surface area contributed by atoms with E-state index in [2.05, 4.69) is 10.1 Å². The van der Waals surface area contributed by atoms with E-state index in [0.29, 0.717) is 25.8 Å². The van der Waals surface area contributed by atoms with Crippen LogP contribution in [0.3, 0.4) is 0 Å². The first kappa shape index (κ1) is 22.9. The van der Waals surface area contributed by atoms with Gasteiger partial charge in [0.05, 0.1) is 13.2 Å². The van der Waals surface area contributed by atoms with Gasteiger partial charge in [0, 0.05) is 19.4 Å². The number of nitrogens with one attached hydrogen (secondary N) is 1.